The fourth-order valence-corrected chi connectivity index (χ4v) is 4.95. The summed E-state index contributed by atoms with van der Waals surface area (Å²) in [5.74, 6) is -1.12. The van der Waals surface area contributed by atoms with E-state index < -0.39 is 5.97 Å². The molecule has 2 aliphatic rings. The zero-order valence-corrected chi connectivity index (χ0v) is 17.9. The molecule has 0 spiro atoms. The molecule has 1 aliphatic carbocycles. The van der Waals surface area contributed by atoms with Crippen LogP contribution in [0.25, 0.3) is 16.5 Å². The topological polar surface area (TPSA) is 104 Å². The maximum Gasteiger partial charge on any atom is 0.303 e. The summed E-state index contributed by atoms with van der Waals surface area (Å²) < 4.78 is 1.76. The molecule has 1 aliphatic heterocycles. The molecule has 8 nitrogen and oxygen atoms in total. The van der Waals surface area contributed by atoms with E-state index in [1.807, 2.05) is 19.2 Å². The monoisotopic (exact) mass is 427 g/mol. The Labute approximate surface area is 181 Å². The van der Waals surface area contributed by atoms with Crippen LogP contribution in [-0.2, 0) is 22.4 Å². The molecule has 0 unspecified atom stereocenters. The first kappa shape index (κ1) is 21.4. The van der Waals surface area contributed by atoms with Crippen LogP contribution in [0.4, 0.5) is 0 Å². The van der Waals surface area contributed by atoms with Crippen LogP contribution in [-0.4, -0.2) is 71.6 Å². The van der Waals surface area contributed by atoms with Crippen LogP contribution >= 0.6 is 0 Å². The molecule has 4 rings (SSSR count). The van der Waals surface area contributed by atoms with Crippen molar-refractivity contribution in [3.05, 3.63) is 41.1 Å². The highest BCUT2D eigenvalue weighted by Gasteiger charge is 2.37. The van der Waals surface area contributed by atoms with Crippen molar-refractivity contribution >= 4 is 28.4 Å². The summed E-state index contributed by atoms with van der Waals surface area (Å²) in [4.78, 5) is 31.8. The predicted octanol–water partition coefficient (Wildman–Crippen LogP) is 1.09. The van der Waals surface area contributed by atoms with Crippen LogP contribution in [0.1, 0.15) is 29.7 Å². The van der Waals surface area contributed by atoms with E-state index in [-0.39, 0.29) is 30.9 Å². The Morgan fingerprint density at radius 2 is 2.13 bits per heavy atom. The number of likely N-dealkylation sites (N-methyl/N-ethyl adjacent to an activating group) is 1. The number of nitrogens with one attached hydrogen (secondary N) is 1. The average Bonchev–Trinajstić information content (AvgIpc) is 3.06. The molecule has 166 valence electrons. The minimum atomic E-state index is -0.832. The standard InChI is InChI=1S/C23H29N3O5/c1-25-13-14(23(30)24-9-4-10-27)11-16-15-5-3-6-19-22(15)17(12-20(16)25)18(26(19)31-2)7-8-21(28)29/h3,5-6,11,14,20,27H,4,7-10,12-13H2,1-2H3,(H,24,30)(H,28,29)/t14-,20-/m1/s1. The Morgan fingerprint density at radius 1 is 1.32 bits per heavy atom. The molecule has 8 heteroatoms. The summed E-state index contributed by atoms with van der Waals surface area (Å²) in [5.41, 5.74) is 5.17. The van der Waals surface area contributed by atoms with Gasteiger partial charge in [-0.15, -0.1) is 0 Å². The molecule has 3 N–H and O–H groups in total. The fourth-order valence-electron chi connectivity index (χ4n) is 4.95. The second-order valence-corrected chi connectivity index (χ2v) is 8.25. The summed E-state index contributed by atoms with van der Waals surface area (Å²) in [6.07, 6.45) is 3.82. The number of aromatic nitrogens is 1. The maximum atomic E-state index is 12.7. The molecule has 0 saturated heterocycles. The zero-order chi connectivity index (χ0) is 22.1. The molecule has 0 radical (unpaired) electrons. The van der Waals surface area contributed by atoms with Crippen LogP contribution in [0.3, 0.4) is 0 Å². The first-order chi connectivity index (χ1) is 15.0. The van der Waals surface area contributed by atoms with Crippen molar-refractivity contribution in [1.29, 1.82) is 0 Å². The Balaban J connectivity index is 1.78. The van der Waals surface area contributed by atoms with Gasteiger partial charge in [-0.25, -0.2) is 0 Å². The largest absolute Gasteiger partial charge is 0.481 e. The number of benzene rings is 1. The number of aliphatic carboxylic acids is 1. The van der Waals surface area contributed by atoms with Crippen LogP contribution < -0.4 is 10.2 Å². The minimum absolute atomic E-state index is 0.0270. The van der Waals surface area contributed by atoms with E-state index in [0.717, 1.165) is 39.7 Å². The van der Waals surface area contributed by atoms with Crippen molar-refractivity contribution in [2.75, 3.05) is 33.9 Å². The Bertz CT molecular complexity index is 1040. The number of carbonyl (C=O) groups excluding carboxylic acids is 1. The molecule has 2 aromatic rings. The van der Waals surface area contributed by atoms with Gasteiger partial charge in [0.25, 0.3) is 0 Å². The SMILES string of the molecule is COn1c(CCC(=O)O)c2c3c(cccc31)C1=C[C@@H](C(=O)NCCCO)CN(C)[C@@H]1C2. The second kappa shape index (κ2) is 8.72. The molecule has 0 fully saturated rings. The molecule has 1 aromatic heterocycles. The van der Waals surface area contributed by atoms with E-state index in [9.17, 15) is 14.7 Å². The van der Waals surface area contributed by atoms with E-state index in [1.54, 1.807) is 11.8 Å². The molecule has 2 heterocycles. The Kier molecular flexibility index (Phi) is 6.02. The third kappa shape index (κ3) is 3.81. The van der Waals surface area contributed by atoms with Gasteiger partial charge in [-0.2, -0.15) is 4.73 Å². The van der Waals surface area contributed by atoms with Crippen LogP contribution in [0.2, 0.25) is 0 Å². The molecular weight excluding hydrogens is 398 g/mol. The average molecular weight is 428 g/mol. The summed E-state index contributed by atoms with van der Waals surface area (Å²) in [5, 5.41) is 22.2. The lowest BCUT2D eigenvalue weighted by Gasteiger charge is -2.39. The summed E-state index contributed by atoms with van der Waals surface area (Å²) in [6.45, 7) is 1.13. The Morgan fingerprint density at radius 3 is 2.84 bits per heavy atom. The predicted molar refractivity (Wildman–Crippen MR) is 117 cm³/mol. The number of carboxylic acid groups (broad SMARTS) is 1. The lowest BCUT2D eigenvalue weighted by Crippen LogP contribution is -2.46. The molecule has 2 atom stereocenters. The first-order valence-electron chi connectivity index (χ1n) is 10.7. The van der Waals surface area contributed by atoms with E-state index in [4.69, 9.17) is 9.94 Å². The van der Waals surface area contributed by atoms with Crippen LogP contribution in [0.15, 0.2) is 24.3 Å². The van der Waals surface area contributed by atoms with Gasteiger partial charge in [-0.3, -0.25) is 14.5 Å². The van der Waals surface area contributed by atoms with Crippen molar-refractivity contribution in [1.82, 2.24) is 14.9 Å². The number of carbonyl (C=O) groups is 2. The molecule has 1 aromatic carbocycles. The number of aliphatic hydroxyl groups is 1. The van der Waals surface area contributed by atoms with Gasteiger partial charge < -0.3 is 20.4 Å². The normalized spacial score (nSPS) is 20.3. The lowest BCUT2D eigenvalue weighted by atomic mass is 9.79. The maximum absolute atomic E-state index is 12.7. The van der Waals surface area contributed by atoms with Crippen molar-refractivity contribution < 1.29 is 24.6 Å². The van der Waals surface area contributed by atoms with Crippen molar-refractivity contribution in [2.45, 2.75) is 31.7 Å². The van der Waals surface area contributed by atoms with Gasteiger partial charge in [0.1, 0.15) is 7.11 Å². The third-order valence-electron chi connectivity index (χ3n) is 6.35. The quantitative estimate of drug-likeness (QED) is 0.545. The van der Waals surface area contributed by atoms with Crippen molar-refractivity contribution in [3.63, 3.8) is 0 Å². The van der Waals surface area contributed by atoms with Gasteiger partial charge in [0, 0.05) is 37.5 Å². The number of fused-ring (bicyclic) bond motifs is 2. The van der Waals surface area contributed by atoms with E-state index in [0.29, 0.717) is 25.9 Å². The minimum Gasteiger partial charge on any atom is -0.481 e. The number of carboxylic acids is 1. The summed E-state index contributed by atoms with van der Waals surface area (Å²) >= 11 is 0. The van der Waals surface area contributed by atoms with E-state index in [1.165, 1.54) is 0 Å². The number of amides is 1. The van der Waals surface area contributed by atoms with Crippen molar-refractivity contribution in [3.8, 4) is 0 Å². The summed E-state index contributed by atoms with van der Waals surface area (Å²) in [6, 6.07) is 6.16. The Hall–Kier alpha value is -2.84. The zero-order valence-electron chi connectivity index (χ0n) is 17.9. The van der Waals surface area contributed by atoms with Gasteiger partial charge in [-0.1, -0.05) is 18.2 Å². The smallest absolute Gasteiger partial charge is 0.303 e. The highest BCUT2D eigenvalue weighted by atomic mass is 16.6. The van der Waals surface area contributed by atoms with Gasteiger partial charge in [0.15, 0.2) is 0 Å². The summed E-state index contributed by atoms with van der Waals surface area (Å²) in [7, 11) is 3.63. The lowest BCUT2D eigenvalue weighted by molar-refractivity contribution is -0.137. The van der Waals surface area contributed by atoms with Gasteiger partial charge in [-0.05, 0) is 42.7 Å². The second-order valence-electron chi connectivity index (χ2n) is 8.25. The molecule has 0 saturated carbocycles. The van der Waals surface area contributed by atoms with Crippen LogP contribution in [0.5, 0.6) is 0 Å². The third-order valence-corrected chi connectivity index (χ3v) is 6.35. The number of nitrogens with zero attached hydrogens (tertiary/aromatic N) is 2. The highest BCUT2D eigenvalue weighted by molar-refractivity contribution is 6.00. The number of hydrogen-bond acceptors (Lipinski definition) is 5. The molecule has 1 amide bonds. The van der Waals surface area contributed by atoms with E-state index >= 15 is 0 Å². The van der Waals surface area contributed by atoms with Gasteiger partial charge >= 0.3 is 5.97 Å². The van der Waals surface area contributed by atoms with Crippen molar-refractivity contribution in [2.24, 2.45) is 5.92 Å². The molecule has 31 heavy (non-hydrogen) atoms. The van der Waals surface area contributed by atoms with Gasteiger partial charge in [0.05, 0.1) is 23.5 Å². The molecule has 0 bridgehead atoms. The highest BCUT2D eigenvalue weighted by Crippen LogP contribution is 2.43. The fraction of sp³-hybridized carbons (Fsp3) is 0.478. The van der Waals surface area contributed by atoms with Crippen LogP contribution in [0, 0.1) is 5.92 Å². The number of hydrogen-bond donors (Lipinski definition) is 3. The molecular formula is C23H29N3O5. The number of aliphatic hydroxyl groups excluding tert-OH is 1. The van der Waals surface area contributed by atoms with Gasteiger partial charge in [0.2, 0.25) is 5.91 Å². The first-order valence-corrected chi connectivity index (χ1v) is 10.7. The van der Waals surface area contributed by atoms with E-state index in [2.05, 4.69) is 22.4 Å². The number of rotatable bonds is 8.